The standard InChI is InChI=1S/C17H28N2O.ClH/c1-6-19(7-2,8-3)13-12-16(20)18-17-14(4)10-9-11-15(17)5;/h9-11H,6-8,12-13H2,1-5H3;1H. The number of quaternary nitrogens is 1. The molecule has 0 atom stereocenters. The molecular weight excluding hydrogens is 284 g/mol. The molecule has 0 spiro atoms. The molecule has 3 nitrogen and oxygen atoms in total. The fraction of sp³-hybridized carbons (Fsp3) is 0.588. The summed E-state index contributed by atoms with van der Waals surface area (Å²) in [6.07, 6.45) is 0.587. The summed E-state index contributed by atoms with van der Waals surface area (Å²) in [7, 11) is 0. The molecule has 1 amide bonds. The van der Waals surface area contributed by atoms with Crippen molar-refractivity contribution in [2.75, 3.05) is 31.5 Å². The number of rotatable bonds is 7. The molecule has 0 heterocycles. The number of benzene rings is 1. The normalized spacial score (nSPS) is 10.9. The summed E-state index contributed by atoms with van der Waals surface area (Å²) in [5, 5.41) is 3.07. The molecule has 21 heavy (non-hydrogen) atoms. The summed E-state index contributed by atoms with van der Waals surface area (Å²) in [6, 6.07) is 6.09. The van der Waals surface area contributed by atoms with Gasteiger partial charge in [-0.1, -0.05) is 18.2 Å². The van der Waals surface area contributed by atoms with Crippen molar-refractivity contribution in [2.24, 2.45) is 0 Å². The van der Waals surface area contributed by atoms with Gasteiger partial charge in [0.15, 0.2) is 0 Å². The SMILES string of the molecule is CC[N+](CC)(CC)CCC(=O)Nc1c(C)cccc1C.[Cl-]. The van der Waals surface area contributed by atoms with Gasteiger partial charge < -0.3 is 22.2 Å². The first-order chi connectivity index (χ1) is 9.48. The van der Waals surface area contributed by atoms with Crippen LogP contribution in [0.25, 0.3) is 0 Å². The van der Waals surface area contributed by atoms with E-state index in [1.807, 2.05) is 32.0 Å². The lowest BCUT2D eigenvalue weighted by Crippen LogP contribution is -3.00. The summed E-state index contributed by atoms with van der Waals surface area (Å²) in [6.45, 7) is 14.9. The van der Waals surface area contributed by atoms with Gasteiger partial charge in [0.05, 0.1) is 32.6 Å². The lowest BCUT2D eigenvalue weighted by Gasteiger charge is -2.35. The molecule has 0 saturated carbocycles. The Hall–Kier alpha value is -1.06. The quantitative estimate of drug-likeness (QED) is 0.731. The molecule has 0 unspecified atom stereocenters. The van der Waals surface area contributed by atoms with E-state index in [9.17, 15) is 4.79 Å². The van der Waals surface area contributed by atoms with Gasteiger partial charge in [-0.3, -0.25) is 4.79 Å². The highest BCUT2D eigenvalue weighted by Crippen LogP contribution is 2.19. The number of aryl methyl sites for hydroxylation is 2. The molecule has 1 rings (SSSR count). The molecule has 1 aromatic carbocycles. The molecule has 0 radical (unpaired) electrons. The van der Waals surface area contributed by atoms with E-state index in [1.54, 1.807) is 0 Å². The second-order valence-corrected chi connectivity index (χ2v) is 5.58. The second kappa shape index (κ2) is 9.06. The molecule has 1 aromatic rings. The minimum atomic E-state index is 0. The third kappa shape index (κ3) is 5.33. The first-order valence-corrected chi connectivity index (χ1v) is 7.69. The molecule has 0 aliphatic carbocycles. The van der Waals surface area contributed by atoms with Crippen molar-refractivity contribution in [1.29, 1.82) is 0 Å². The highest BCUT2D eigenvalue weighted by atomic mass is 35.5. The van der Waals surface area contributed by atoms with Crippen molar-refractivity contribution in [3.05, 3.63) is 29.3 Å². The zero-order chi connectivity index (χ0) is 15.2. The number of halogens is 1. The fourth-order valence-electron chi connectivity index (χ4n) is 2.70. The van der Waals surface area contributed by atoms with Gasteiger partial charge in [0.25, 0.3) is 0 Å². The van der Waals surface area contributed by atoms with E-state index in [2.05, 4.69) is 26.1 Å². The summed E-state index contributed by atoms with van der Waals surface area (Å²) in [5.41, 5.74) is 3.22. The molecule has 0 aliphatic heterocycles. The average molecular weight is 313 g/mol. The zero-order valence-corrected chi connectivity index (χ0v) is 14.8. The van der Waals surface area contributed by atoms with Gasteiger partial charge in [-0.15, -0.1) is 0 Å². The average Bonchev–Trinajstić information content (AvgIpc) is 2.45. The molecule has 4 heteroatoms. The van der Waals surface area contributed by atoms with Gasteiger partial charge >= 0.3 is 0 Å². The van der Waals surface area contributed by atoms with Crippen molar-refractivity contribution in [2.45, 2.75) is 41.0 Å². The summed E-state index contributed by atoms with van der Waals surface area (Å²) in [4.78, 5) is 12.2. The Morgan fingerprint density at radius 2 is 1.52 bits per heavy atom. The van der Waals surface area contributed by atoms with Crippen LogP contribution in [0.4, 0.5) is 5.69 Å². The van der Waals surface area contributed by atoms with Crippen LogP contribution in [0.3, 0.4) is 0 Å². The summed E-state index contributed by atoms with van der Waals surface area (Å²) >= 11 is 0. The summed E-state index contributed by atoms with van der Waals surface area (Å²) < 4.78 is 1.01. The number of hydrogen-bond donors (Lipinski definition) is 1. The van der Waals surface area contributed by atoms with E-state index < -0.39 is 0 Å². The molecule has 1 N–H and O–H groups in total. The van der Waals surface area contributed by atoms with Gasteiger partial charge in [0.1, 0.15) is 0 Å². The second-order valence-electron chi connectivity index (χ2n) is 5.58. The minimum Gasteiger partial charge on any atom is -1.00 e. The molecule has 0 aliphatic rings. The van der Waals surface area contributed by atoms with Gasteiger partial charge in [0, 0.05) is 5.69 Å². The number of nitrogens with zero attached hydrogens (tertiary/aromatic N) is 1. The predicted molar refractivity (Wildman–Crippen MR) is 85.9 cm³/mol. The number of carbonyl (C=O) groups is 1. The van der Waals surface area contributed by atoms with Crippen molar-refractivity contribution in [1.82, 2.24) is 0 Å². The van der Waals surface area contributed by atoms with Crippen LogP contribution < -0.4 is 17.7 Å². The van der Waals surface area contributed by atoms with E-state index >= 15 is 0 Å². The van der Waals surface area contributed by atoms with Gasteiger partial charge in [-0.05, 0) is 45.7 Å². The summed E-state index contributed by atoms with van der Waals surface area (Å²) in [5.74, 6) is 0.125. The third-order valence-electron chi connectivity index (χ3n) is 4.57. The highest BCUT2D eigenvalue weighted by molar-refractivity contribution is 5.92. The molecule has 0 fully saturated rings. The highest BCUT2D eigenvalue weighted by Gasteiger charge is 2.22. The monoisotopic (exact) mass is 312 g/mol. The first kappa shape index (κ1) is 19.9. The van der Waals surface area contributed by atoms with Crippen molar-refractivity contribution < 1.29 is 21.7 Å². The van der Waals surface area contributed by atoms with Gasteiger partial charge in [-0.2, -0.15) is 0 Å². The van der Waals surface area contributed by atoms with Crippen LogP contribution >= 0.6 is 0 Å². The largest absolute Gasteiger partial charge is 1.00 e. The maximum atomic E-state index is 12.2. The maximum absolute atomic E-state index is 12.2. The molecular formula is C17H29ClN2O. The van der Waals surface area contributed by atoms with Crippen LogP contribution in [-0.4, -0.2) is 36.6 Å². The maximum Gasteiger partial charge on any atom is 0.230 e. The lowest BCUT2D eigenvalue weighted by molar-refractivity contribution is -0.922. The minimum absolute atomic E-state index is 0. The zero-order valence-electron chi connectivity index (χ0n) is 14.0. The molecule has 0 saturated heterocycles. The van der Waals surface area contributed by atoms with Crippen LogP contribution in [0.5, 0.6) is 0 Å². The predicted octanol–water partition coefficient (Wildman–Crippen LogP) is 0.513. The number of amides is 1. The van der Waals surface area contributed by atoms with E-state index in [-0.39, 0.29) is 18.3 Å². The van der Waals surface area contributed by atoms with Crippen LogP contribution in [-0.2, 0) is 4.79 Å². The fourth-order valence-corrected chi connectivity index (χ4v) is 2.70. The van der Waals surface area contributed by atoms with Crippen LogP contribution in [0.2, 0.25) is 0 Å². The van der Waals surface area contributed by atoms with E-state index in [0.717, 1.165) is 47.5 Å². The Balaban J connectivity index is 0.00000400. The number of carbonyl (C=O) groups excluding carboxylic acids is 1. The topological polar surface area (TPSA) is 29.1 Å². The van der Waals surface area contributed by atoms with E-state index in [4.69, 9.17) is 0 Å². The number of nitrogens with one attached hydrogen (secondary N) is 1. The van der Waals surface area contributed by atoms with Crippen molar-refractivity contribution in [3.8, 4) is 0 Å². The third-order valence-corrected chi connectivity index (χ3v) is 4.57. The Morgan fingerprint density at radius 3 is 1.95 bits per heavy atom. The van der Waals surface area contributed by atoms with Gasteiger partial charge in [0.2, 0.25) is 5.91 Å². The first-order valence-electron chi connectivity index (χ1n) is 7.69. The van der Waals surface area contributed by atoms with Crippen molar-refractivity contribution >= 4 is 11.6 Å². The number of anilines is 1. The van der Waals surface area contributed by atoms with Crippen LogP contribution in [0.15, 0.2) is 18.2 Å². The van der Waals surface area contributed by atoms with Crippen LogP contribution in [0, 0.1) is 13.8 Å². The smallest absolute Gasteiger partial charge is 0.230 e. The van der Waals surface area contributed by atoms with Crippen LogP contribution in [0.1, 0.15) is 38.3 Å². The lowest BCUT2D eigenvalue weighted by atomic mass is 10.1. The van der Waals surface area contributed by atoms with Gasteiger partial charge in [-0.25, -0.2) is 0 Å². The molecule has 120 valence electrons. The molecule has 0 aromatic heterocycles. The Kier molecular flexibility index (Phi) is 8.60. The van der Waals surface area contributed by atoms with Crippen molar-refractivity contribution in [3.63, 3.8) is 0 Å². The number of hydrogen-bond acceptors (Lipinski definition) is 1. The Morgan fingerprint density at radius 1 is 1.05 bits per heavy atom. The Labute approximate surface area is 135 Å². The number of para-hydroxylation sites is 1. The van der Waals surface area contributed by atoms with E-state index in [1.165, 1.54) is 0 Å². The molecule has 0 bridgehead atoms. The van der Waals surface area contributed by atoms with E-state index in [0.29, 0.717) is 6.42 Å². The Bertz CT molecular complexity index is 428.